The molecule has 0 spiro atoms. The second-order valence-corrected chi connectivity index (χ2v) is 5.97. The molecule has 3 nitrogen and oxygen atoms in total. The zero-order valence-corrected chi connectivity index (χ0v) is 11.9. The fraction of sp³-hybridized carbons (Fsp3) is 0.583. The summed E-state index contributed by atoms with van der Waals surface area (Å²) in [5.74, 6) is 6.57. The maximum Gasteiger partial charge on any atom is 0.0621 e. The van der Waals surface area contributed by atoms with Gasteiger partial charge in [-0.2, -0.15) is 11.8 Å². The Morgan fingerprint density at radius 3 is 2.94 bits per heavy atom. The van der Waals surface area contributed by atoms with Crippen LogP contribution >= 0.6 is 23.4 Å². The third-order valence-electron chi connectivity index (χ3n) is 2.72. The van der Waals surface area contributed by atoms with Gasteiger partial charge in [0.15, 0.2) is 0 Å². The number of nitrogens with zero attached hydrogens (tertiary/aromatic N) is 1. The summed E-state index contributed by atoms with van der Waals surface area (Å²) >= 11 is 8.01. The average molecular weight is 274 g/mol. The molecule has 2 atom stereocenters. The summed E-state index contributed by atoms with van der Waals surface area (Å²) in [5, 5.41) is 1.38. The van der Waals surface area contributed by atoms with Crippen LogP contribution in [0, 0.1) is 0 Å². The molecular formula is C12H20ClN3S. The van der Waals surface area contributed by atoms with Crippen molar-refractivity contribution in [3.8, 4) is 0 Å². The molecule has 1 aromatic heterocycles. The standard InChI is InChI=1S/C12H20ClN3S/c1-3-9(2)17-8-11(16-14)6-10-4-5-15-7-12(10)13/h4-5,7,9,11,16H,3,6,8,14H2,1-2H3. The van der Waals surface area contributed by atoms with Crippen molar-refractivity contribution in [2.75, 3.05) is 5.75 Å². The highest BCUT2D eigenvalue weighted by atomic mass is 35.5. The van der Waals surface area contributed by atoms with Crippen molar-refractivity contribution in [2.45, 2.75) is 38.0 Å². The van der Waals surface area contributed by atoms with Crippen molar-refractivity contribution in [3.05, 3.63) is 29.0 Å². The van der Waals surface area contributed by atoms with Gasteiger partial charge >= 0.3 is 0 Å². The minimum atomic E-state index is 0.244. The van der Waals surface area contributed by atoms with Gasteiger partial charge in [-0.25, -0.2) is 0 Å². The van der Waals surface area contributed by atoms with Crippen LogP contribution in [-0.2, 0) is 6.42 Å². The van der Waals surface area contributed by atoms with Crippen molar-refractivity contribution in [3.63, 3.8) is 0 Å². The van der Waals surface area contributed by atoms with Crippen LogP contribution in [0.3, 0.4) is 0 Å². The molecule has 96 valence electrons. The topological polar surface area (TPSA) is 50.9 Å². The number of hydrazine groups is 1. The molecule has 0 fully saturated rings. The van der Waals surface area contributed by atoms with Gasteiger partial charge in [-0.05, 0) is 24.5 Å². The third-order valence-corrected chi connectivity index (χ3v) is 4.55. The van der Waals surface area contributed by atoms with E-state index in [1.54, 1.807) is 12.4 Å². The molecular weight excluding hydrogens is 254 g/mol. The lowest BCUT2D eigenvalue weighted by Crippen LogP contribution is -2.39. The summed E-state index contributed by atoms with van der Waals surface area (Å²) in [4.78, 5) is 3.98. The summed E-state index contributed by atoms with van der Waals surface area (Å²) < 4.78 is 0. The summed E-state index contributed by atoms with van der Waals surface area (Å²) in [7, 11) is 0. The molecule has 0 aliphatic rings. The van der Waals surface area contributed by atoms with E-state index >= 15 is 0 Å². The summed E-state index contributed by atoms with van der Waals surface area (Å²) in [6, 6.07) is 2.19. The van der Waals surface area contributed by atoms with Crippen molar-refractivity contribution >= 4 is 23.4 Å². The van der Waals surface area contributed by atoms with E-state index in [0.29, 0.717) is 10.3 Å². The minimum Gasteiger partial charge on any atom is -0.271 e. The fourth-order valence-electron chi connectivity index (χ4n) is 1.40. The second-order valence-electron chi connectivity index (χ2n) is 4.09. The van der Waals surface area contributed by atoms with Gasteiger partial charge in [0.05, 0.1) is 5.02 Å². The van der Waals surface area contributed by atoms with Gasteiger partial charge in [-0.15, -0.1) is 0 Å². The molecule has 1 heterocycles. The van der Waals surface area contributed by atoms with Gasteiger partial charge in [0, 0.05) is 29.4 Å². The quantitative estimate of drug-likeness (QED) is 0.592. The number of pyridine rings is 1. The zero-order valence-electron chi connectivity index (χ0n) is 10.3. The summed E-state index contributed by atoms with van der Waals surface area (Å²) in [5.41, 5.74) is 3.95. The van der Waals surface area contributed by atoms with Gasteiger partial charge in [-0.3, -0.25) is 16.3 Å². The monoisotopic (exact) mass is 273 g/mol. The van der Waals surface area contributed by atoms with Crippen molar-refractivity contribution in [1.82, 2.24) is 10.4 Å². The lowest BCUT2D eigenvalue weighted by molar-refractivity contribution is 0.574. The van der Waals surface area contributed by atoms with Crippen LogP contribution in [0.25, 0.3) is 0 Å². The number of aromatic nitrogens is 1. The second kappa shape index (κ2) is 7.93. The summed E-state index contributed by atoms with van der Waals surface area (Å²) in [6.45, 7) is 4.43. The molecule has 3 N–H and O–H groups in total. The van der Waals surface area contributed by atoms with Crippen molar-refractivity contribution in [1.29, 1.82) is 0 Å². The minimum absolute atomic E-state index is 0.244. The number of hydrogen-bond donors (Lipinski definition) is 2. The molecule has 0 bridgehead atoms. The average Bonchev–Trinajstić information content (AvgIpc) is 2.36. The summed E-state index contributed by atoms with van der Waals surface area (Å²) in [6.07, 6.45) is 5.45. The maximum atomic E-state index is 6.08. The predicted molar refractivity (Wildman–Crippen MR) is 76.3 cm³/mol. The SMILES string of the molecule is CCC(C)SCC(Cc1ccncc1Cl)NN. The van der Waals surface area contributed by atoms with E-state index < -0.39 is 0 Å². The van der Waals surface area contributed by atoms with Gasteiger partial charge in [0.1, 0.15) is 0 Å². The molecule has 0 saturated carbocycles. The molecule has 2 unspecified atom stereocenters. The highest BCUT2D eigenvalue weighted by Gasteiger charge is 2.11. The molecule has 0 aliphatic carbocycles. The van der Waals surface area contributed by atoms with E-state index in [4.69, 9.17) is 17.4 Å². The molecule has 0 aromatic carbocycles. The number of thioether (sulfide) groups is 1. The first kappa shape index (κ1) is 14.8. The normalized spacial score (nSPS) is 14.6. The zero-order chi connectivity index (χ0) is 12.7. The molecule has 17 heavy (non-hydrogen) atoms. The van der Waals surface area contributed by atoms with E-state index in [1.807, 2.05) is 17.8 Å². The van der Waals surface area contributed by atoms with Gasteiger partial charge in [0.25, 0.3) is 0 Å². The Bertz CT molecular complexity index is 335. The maximum absolute atomic E-state index is 6.08. The molecule has 1 rings (SSSR count). The Labute approximate surface area is 112 Å². The molecule has 1 aromatic rings. The van der Waals surface area contributed by atoms with Crippen LogP contribution in [-0.4, -0.2) is 22.0 Å². The predicted octanol–water partition coefficient (Wildman–Crippen LogP) is 2.64. The number of halogens is 1. The molecule has 0 radical (unpaired) electrons. The smallest absolute Gasteiger partial charge is 0.0621 e. The van der Waals surface area contributed by atoms with Crippen molar-refractivity contribution < 1.29 is 0 Å². The van der Waals surface area contributed by atoms with Gasteiger partial charge in [-0.1, -0.05) is 25.4 Å². The first-order valence-electron chi connectivity index (χ1n) is 5.83. The molecule has 0 aliphatic heterocycles. The van der Waals surface area contributed by atoms with Gasteiger partial charge in [0.2, 0.25) is 0 Å². The first-order valence-corrected chi connectivity index (χ1v) is 7.26. The molecule has 0 saturated heterocycles. The Morgan fingerprint density at radius 2 is 2.35 bits per heavy atom. The number of hydrogen-bond acceptors (Lipinski definition) is 4. The van der Waals surface area contributed by atoms with E-state index in [2.05, 4.69) is 24.3 Å². The molecule has 0 amide bonds. The lowest BCUT2D eigenvalue weighted by atomic mass is 10.1. The van der Waals surface area contributed by atoms with Gasteiger partial charge < -0.3 is 0 Å². The third kappa shape index (κ3) is 5.25. The largest absolute Gasteiger partial charge is 0.271 e. The van der Waals surface area contributed by atoms with Crippen LogP contribution in [0.5, 0.6) is 0 Å². The number of nitrogens with one attached hydrogen (secondary N) is 1. The first-order chi connectivity index (χ1) is 8.17. The Balaban J connectivity index is 2.49. The Morgan fingerprint density at radius 1 is 1.59 bits per heavy atom. The lowest BCUT2D eigenvalue weighted by Gasteiger charge is -2.18. The Hall–Kier alpha value is -0.290. The fourth-order valence-corrected chi connectivity index (χ4v) is 2.61. The van der Waals surface area contributed by atoms with E-state index in [9.17, 15) is 0 Å². The van der Waals surface area contributed by atoms with Crippen LogP contribution in [0.2, 0.25) is 5.02 Å². The van der Waals surface area contributed by atoms with Crippen LogP contribution in [0.4, 0.5) is 0 Å². The highest BCUT2D eigenvalue weighted by molar-refractivity contribution is 7.99. The van der Waals surface area contributed by atoms with Crippen LogP contribution in [0.15, 0.2) is 18.5 Å². The van der Waals surface area contributed by atoms with Crippen LogP contribution in [0.1, 0.15) is 25.8 Å². The number of nitrogens with two attached hydrogens (primary N) is 1. The van der Waals surface area contributed by atoms with Crippen molar-refractivity contribution in [2.24, 2.45) is 5.84 Å². The number of rotatable bonds is 7. The van der Waals surface area contributed by atoms with E-state index in [1.165, 1.54) is 6.42 Å². The van der Waals surface area contributed by atoms with Crippen LogP contribution < -0.4 is 11.3 Å². The van der Waals surface area contributed by atoms with E-state index in [-0.39, 0.29) is 6.04 Å². The van der Waals surface area contributed by atoms with E-state index in [0.717, 1.165) is 17.7 Å². The molecule has 5 heteroatoms. The Kier molecular flexibility index (Phi) is 6.89. The highest BCUT2D eigenvalue weighted by Crippen LogP contribution is 2.19.